The summed E-state index contributed by atoms with van der Waals surface area (Å²) in [5.41, 5.74) is 0. The molecule has 0 spiro atoms. The zero-order valence-electron chi connectivity index (χ0n) is 8.90. The normalized spacial score (nSPS) is 11.8. The second-order valence-corrected chi connectivity index (χ2v) is 4.29. The maximum absolute atomic E-state index is 9.22. The summed E-state index contributed by atoms with van der Waals surface area (Å²) in [4.78, 5) is 0. The number of rotatable bonds is 3. The standard InChI is InChI=1S/C6H16N.CH4O4S/c1-5-7(3,4)6-2;1-5-6(2,3)4/h5-6H2,1-4H3;1H3,(H,2,3,4)/q+1;/p-1. The van der Waals surface area contributed by atoms with E-state index in [1.807, 2.05) is 0 Å². The van der Waals surface area contributed by atoms with Crippen LogP contribution in [-0.2, 0) is 14.6 Å². The van der Waals surface area contributed by atoms with Crippen molar-refractivity contribution in [3.05, 3.63) is 0 Å². The fourth-order valence-corrected chi connectivity index (χ4v) is 0.224. The SMILES string of the molecule is CC[N+](C)(C)CC.COS(=O)(=O)[O-]. The van der Waals surface area contributed by atoms with E-state index in [9.17, 15) is 13.0 Å². The van der Waals surface area contributed by atoms with Gasteiger partial charge < -0.3 is 9.04 Å². The van der Waals surface area contributed by atoms with Crippen LogP contribution in [-0.4, -0.2) is 51.7 Å². The molecule has 0 amide bonds. The first-order valence-corrected chi connectivity index (χ1v) is 5.35. The summed E-state index contributed by atoms with van der Waals surface area (Å²) in [6.45, 7) is 6.89. The summed E-state index contributed by atoms with van der Waals surface area (Å²) in [5, 5.41) is 0. The van der Waals surface area contributed by atoms with E-state index in [1.165, 1.54) is 13.1 Å². The molecule has 0 fully saturated rings. The average molecular weight is 213 g/mol. The molecule has 0 heterocycles. The van der Waals surface area contributed by atoms with E-state index in [1.54, 1.807) is 0 Å². The van der Waals surface area contributed by atoms with Crippen LogP contribution in [0.15, 0.2) is 0 Å². The molecule has 0 N–H and O–H groups in total. The Morgan fingerprint density at radius 3 is 1.46 bits per heavy atom. The van der Waals surface area contributed by atoms with Crippen molar-refractivity contribution in [1.29, 1.82) is 0 Å². The molecule has 0 aliphatic rings. The summed E-state index contributed by atoms with van der Waals surface area (Å²) in [5.74, 6) is 0. The van der Waals surface area contributed by atoms with Crippen molar-refractivity contribution in [2.24, 2.45) is 0 Å². The van der Waals surface area contributed by atoms with E-state index in [0.29, 0.717) is 0 Å². The maximum Gasteiger partial charge on any atom is 0.217 e. The fourth-order valence-electron chi connectivity index (χ4n) is 0.224. The highest BCUT2D eigenvalue weighted by Crippen LogP contribution is 1.91. The highest BCUT2D eigenvalue weighted by atomic mass is 32.3. The summed E-state index contributed by atoms with van der Waals surface area (Å²) in [7, 11) is 0.868. The van der Waals surface area contributed by atoms with E-state index in [4.69, 9.17) is 0 Å². The molecule has 0 atom stereocenters. The van der Waals surface area contributed by atoms with Gasteiger partial charge in [-0.3, -0.25) is 4.18 Å². The van der Waals surface area contributed by atoms with Crippen LogP contribution in [0.5, 0.6) is 0 Å². The Bertz CT molecular complexity index is 205. The Balaban J connectivity index is 0. The zero-order chi connectivity index (χ0) is 11.1. The Morgan fingerprint density at radius 1 is 1.23 bits per heavy atom. The average Bonchev–Trinajstić information content (AvgIpc) is 2.04. The third kappa shape index (κ3) is 14.7. The fraction of sp³-hybridized carbons (Fsp3) is 1.00. The monoisotopic (exact) mass is 213 g/mol. The minimum Gasteiger partial charge on any atom is -0.726 e. The van der Waals surface area contributed by atoms with Crippen molar-refractivity contribution >= 4 is 10.4 Å². The molecule has 0 rings (SSSR count). The molecule has 82 valence electrons. The predicted molar refractivity (Wildman–Crippen MR) is 49.9 cm³/mol. The number of hydrogen-bond donors (Lipinski definition) is 0. The molecule has 0 saturated carbocycles. The lowest BCUT2D eigenvalue weighted by Crippen LogP contribution is -2.38. The molecule has 0 bridgehead atoms. The highest BCUT2D eigenvalue weighted by Gasteiger charge is 2.04. The Hall–Kier alpha value is -0.170. The maximum atomic E-state index is 9.22. The third-order valence-corrected chi connectivity index (χ3v) is 2.32. The first-order valence-electron chi connectivity index (χ1n) is 4.02. The van der Waals surface area contributed by atoms with Crippen LogP contribution >= 0.6 is 0 Å². The smallest absolute Gasteiger partial charge is 0.217 e. The third-order valence-electron chi connectivity index (χ3n) is 1.92. The topological polar surface area (TPSA) is 66.4 Å². The van der Waals surface area contributed by atoms with Crippen LogP contribution in [0.1, 0.15) is 13.8 Å². The molecule has 0 aromatic heterocycles. The number of quaternary nitrogens is 1. The van der Waals surface area contributed by atoms with Gasteiger partial charge in [-0.25, -0.2) is 8.42 Å². The largest absolute Gasteiger partial charge is 0.726 e. The van der Waals surface area contributed by atoms with Crippen molar-refractivity contribution in [1.82, 2.24) is 0 Å². The lowest BCUT2D eigenvalue weighted by molar-refractivity contribution is -0.886. The Kier molecular flexibility index (Phi) is 7.43. The molecule has 0 unspecified atom stereocenters. The highest BCUT2D eigenvalue weighted by molar-refractivity contribution is 7.80. The Morgan fingerprint density at radius 2 is 1.46 bits per heavy atom. The van der Waals surface area contributed by atoms with Crippen LogP contribution in [0.3, 0.4) is 0 Å². The summed E-state index contributed by atoms with van der Waals surface area (Å²) in [6.07, 6.45) is 0. The van der Waals surface area contributed by atoms with Gasteiger partial charge in [-0.15, -0.1) is 0 Å². The minimum absolute atomic E-state index is 0.808. The second-order valence-electron chi connectivity index (χ2n) is 3.14. The van der Waals surface area contributed by atoms with Crippen molar-refractivity contribution in [3.8, 4) is 0 Å². The van der Waals surface area contributed by atoms with Gasteiger partial charge in [0.25, 0.3) is 0 Å². The Labute approximate surface area is 80.9 Å². The quantitative estimate of drug-likeness (QED) is 0.381. The molecule has 0 radical (unpaired) electrons. The number of hydrogen-bond acceptors (Lipinski definition) is 4. The summed E-state index contributed by atoms with van der Waals surface area (Å²) >= 11 is 0. The van der Waals surface area contributed by atoms with Crippen LogP contribution in [0, 0.1) is 0 Å². The van der Waals surface area contributed by atoms with Crippen molar-refractivity contribution in [2.45, 2.75) is 13.8 Å². The first kappa shape index (κ1) is 15.3. The van der Waals surface area contributed by atoms with E-state index in [-0.39, 0.29) is 0 Å². The molecule has 5 nitrogen and oxygen atoms in total. The molecule has 0 aromatic carbocycles. The molecule has 0 aliphatic heterocycles. The van der Waals surface area contributed by atoms with Gasteiger partial charge in [-0.1, -0.05) is 0 Å². The lowest BCUT2D eigenvalue weighted by atomic mass is 10.5. The van der Waals surface area contributed by atoms with Crippen LogP contribution in [0.25, 0.3) is 0 Å². The van der Waals surface area contributed by atoms with Crippen LogP contribution in [0.2, 0.25) is 0 Å². The van der Waals surface area contributed by atoms with Gasteiger partial charge >= 0.3 is 0 Å². The van der Waals surface area contributed by atoms with E-state index >= 15 is 0 Å². The molecular weight excluding hydrogens is 194 g/mol. The van der Waals surface area contributed by atoms with Crippen LogP contribution in [0.4, 0.5) is 0 Å². The molecular formula is C7H19NO4S. The predicted octanol–water partition coefficient (Wildman–Crippen LogP) is 0.196. The van der Waals surface area contributed by atoms with Gasteiger partial charge in [-0.2, -0.15) is 0 Å². The van der Waals surface area contributed by atoms with Crippen molar-refractivity contribution in [3.63, 3.8) is 0 Å². The molecule has 13 heavy (non-hydrogen) atoms. The molecule has 0 aliphatic carbocycles. The van der Waals surface area contributed by atoms with Gasteiger partial charge in [0, 0.05) is 0 Å². The molecule has 0 aromatic rings. The minimum atomic E-state index is -4.41. The van der Waals surface area contributed by atoms with Crippen LogP contribution < -0.4 is 0 Å². The van der Waals surface area contributed by atoms with E-state index in [0.717, 1.165) is 11.6 Å². The van der Waals surface area contributed by atoms with Gasteiger partial charge in [0.2, 0.25) is 10.4 Å². The van der Waals surface area contributed by atoms with Crippen molar-refractivity contribution in [2.75, 3.05) is 34.3 Å². The summed E-state index contributed by atoms with van der Waals surface area (Å²) < 4.78 is 32.2. The summed E-state index contributed by atoms with van der Waals surface area (Å²) in [6, 6.07) is 0. The lowest BCUT2D eigenvalue weighted by Gasteiger charge is -2.25. The number of nitrogens with zero attached hydrogens (tertiary/aromatic N) is 1. The van der Waals surface area contributed by atoms with Gasteiger partial charge in [0.05, 0.1) is 34.3 Å². The molecule has 6 heteroatoms. The van der Waals surface area contributed by atoms with E-state index < -0.39 is 10.4 Å². The van der Waals surface area contributed by atoms with E-state index in [2.05, 4.69) is 32.1 Å². The van der Waals surface area contributed by atoms with Gasteiger partial charge in [0.15, 0.2) is 0 Å². The molecule has 0 saturated heterocycles. The van der Waals surface area contributed by atoms with Gasteiger partial charge in [-0.05, 0) is 13.8 Å². The van der Waals surface area contributed by atoms with Gasteiger partial charge in [0.1, 0.15) is 0 Å². The van der Waals surface area contributed by atoms with Crippen molar-refractivity contribution < 1.29 is 21.6 Å². The zero-order valence-corrected chi connectivity index (χ0v) is 9.72. The first-order chi connectivity index (χ1) is 5.68. The second kappa shape index (κ2) is 6.31.